The highest BCUT2D eigenvalue weighted by Gasteiger charge is 2.13. The van der Waals surface area contributed by atoms with Gasteiger partial charge in [0, 0.05) is 0 Å². The highest BCUT2D eigenvalue weighted by atomic mass is 14.6. The lowest BCUT2D eigenvalue weighted by Gasteiger charge is -2.17. The third-order valence-electron chi connectivity index (χ3n) is 2.32. The summed E-state index contributed by atoms with van der Waals surface area (Å²) in [4.78, 5) is 0. The van der Waals surface area contributed by atoms with Gasteiger partial charge in [0.15, 0.2) is 0 Å². The molecular formula is C13H17N. The Morgan fingerprint density at radius 1 is 1.29 bits per heavy atom. The summed E-state index contributed by atoms with van der Waals surface area (Å²) in [5.74, 6) is 0.391. The van der Waals surface area contributed by atoms with E-state index in [9.17, 15) is 0 Å². The molecule has 0 aliphatic heterocycles. The van der Waals surface area contributed by atoms with Crippen LogP contribution in [0, 0.1) is 5.92 Å². The van der Waals surface area contributed by atoms with Gasteiger partial charge < -0.3 is 5.73 Å². The van der Waals surface area contributed by atoms with Gasteiger partial charge in [-0.05, 0) is 17.1 Å². The fraction of sp³-hybridized carbons (Fsp3) is 0.308. The predicted octanol–water partition coefficient (Wildman–Crippen LogP) is 3.05. The SMILES string of the molecule is C=C=C(C(C)C)C(N)c1ccccc1. The van der Waals surface area contributed by atoms with Crippen LogP contribution in [-0.2, 0) is 0 Å². The molecule has 1 rings (SSSR count). The maximum atomic E-state index is 6.11. The van der Waals surface area contributed by atoms with Gasteiger partial charge in [0.2, 0.25) is 0 Å². The molecule has 0 bridgehead atoms. The molecule has 0 aliphatic carbocycles. The van der Waals surface area contributed by atoms with Gasteiger partial charge in [-0.1, -0.05) is 50.8 Å². The zero-order valence-corrected chi connectivity index (χ0v) is 8.83. The van der Waals surface area contributed by atoms with Gasteiger partial charge in [0.1, 0.15) is 0 Å². The molecule has 1 aromatic rings. The molecule has 2 N–H and O–H groups in total. The molecule has 0 radical (unpaired) electrons. The Morgan fingerprint density at radius 2 is 1.86 bits per heavy atom. The maximum Gasteiger partial charge on any atom is 0.0588 e. The number of benzene rings is 1. The summed E-state index contributed by atoms with van der Waals surface area (Å²) in [6.45, 7) is 7.90. The zero-order chi connectivity index (χ0) is 10.6. The number of hydrogen-bond donors (Lipinski definition) is 1. The molecule has 1 nitrogen and oxygen atoms in total. The minimum atomic E-state index is -0.0753. The van der Waals surface area contributed by atoms with Gasteiger partial charge in [-0.3, -0.25) is 0 Å². The summed E-state index contributed by atoms with van der Waals surface area (Å²) in [7, 11) is 0. The van der Waals surface area contributed by atoms with Crippen LogP contribution in [0.1, 0.15) is 25.5 Å². The summed E-state index contributed by atoms with van der Waals surface area (Å²) in [5.41, 5.74) is 11.2. The van der Waals surface area contributed by atoms with Crippen molar-refractivity contribution < 1.29 is 0 Å². The summed E-state index contributed by atoms with van der Waals surface area (Å²) in [5, 5.41) is 0. The monoisotopic (exact) mass is 187 g/mol. The Kier molecular flexibility index (Phi) is 3.70. The van der Waals surface area contributed by atoms with Crippen LogP contribution in [0.4, 0.5) is 0 Å². The molecule has 0 heterocycles. The predicted molar refractivity (Wildman–Crippen MR) is 60.9 cm³/mol. The fourth-order valence-corrected chi connectivity index (χ4v) is 1.51. The van der Waals surface area contributed by atoms with Crippen molar-refractivity contribution >= 4 is 0 Å². The first kappa shape index (κ1) is 10.8. The number of nitrogens with two attached hydrogens (primary N) is 1. The Labute approximate surface area is 85.9 Å². The van der Waals surface area contributed by atoms with Crippen LogP contribution >= 0.6 is 0 Å². The van der Waals surface area contributed by atoms with Crippen LogP contribution in [0.5, 0.6) is 0 Å². The molecule has 74 valence electrons. The van der Waals surface area contributed by atoms with Crippen molar-refractivity contribution in [3.63, 3.8) is 0 Å². The fourth-order valence-electron chi connectivity index (χ4n) is 1.51. The average molecular weight is 187 g/mol. The Hall–Kier alpha value is -1.30. The third-order valence-corrected chi connectivity index (χ3v) is 2.32. The average Bonchev–Trinajstić information content (AvgIpc) is 2.19. The first-order chi connectivity index (χ1) is 6.66. The molecule has 0 aromatic heterocycles. The van der Waals surface area contributed by atoms with Crippen LogP contribution in [-0.4, -0.2) is 0 Å². The molecule has 1 unspecified atom stereocenters. The molecule has 0 saturated carbocycles. The second kappa shape index (κ2) is 4.80. The minimum Gasteiger partial charge on any atom is -0.320 e. The third kappa shape index (κ3) is 2.35. The molecule has 1 heteroatoms. The second-order valence-electron chi connectivity index (χ2n) is 3.68. The molecule has 14 heavy (non-hydrogen) atoms. The summed E-state index contributed by atoms with van der Waals surface area (Å²) in [6.07, 6.45) is 0. The maximum absolute atomic E-state index is 6.11. The van der Waals surface area contributed by atoms with Crippen molar-refractivity contribution in [2.24, 2.45) is 11.7 Å². The minimum absolute atomic E-state index is 0.0753. The molecule has 0 fully saturated rings. The quantitative estimate of drug-likeness (QED) is 0.723. The highest BCUT2D eigenvalue weighted by molar-refractivity contribution is 5.27. The van der Waals surface area contributed by atoms with Gasteiger partial charge in [-0.15, -0.1) is 5.73 Å². The second-order valence-corrected chi connectivity index (χ2v) is 3.68. The van der Waals surface area contributed by atoms with Gasteiger partial charge in [0.25, 0.3) is 0 Å². The molecular weight excluding hydrogens is 170 g/mol. The standard InChI is InChI=1S/C13H17N/c1-4-12(10(2)3)13(14)11-8-6-5-7-9-11/h5-10,13H,1,14H2,2-3H3. The summed E-state index contributed by atoms with van der Waals surface area (Å²) >= 11 is 0. The van der Waals surface area contributed by atoms with E-state index in [1.807, 2.05) is 30.3 Å². The summed E-state index contributed by atoms with van der Waals surface area (Å²) in [6, 6.07) is 9.97. The first-order valence-electron chi connectivity index (χ1n) is 4.87. The van der Waals surface area contributed by atoms with Crippen molar-refractivity contribution in [2.75, 3.05) is 0 Å². The molecule has 0 aliphatic rings. The normalized spacial score (nSPS) is 12.3. The topological polar surface area (TPSA) is 26.0 Å². The zero-order valence-electron chi connectivity index (χ0n) is 8.83. The van der Waals surface area contributed by atoms with Gasteiger partial charge in [0.05, 0.1) is 6.04 Å². The van der Waals surface area contributed by atoms with Crippen LogP contribution in [0.15, 0.2) is 48.2 Å². The van der Waals surface area contributed by atoms with E-state index in [2.05, 4.69) is 26.2 Å². The lowest BCUT2D eigenvalue weighted by molar-refractivity contribution is 0.669. The Balaban J connectivity index is 2.96. The van der Waals surface area contributed by atoms with Crippen LogP contribution in [0.25, 0.3) is 0 Å². The molecule has 1 aromatic carbocycles. The van der Waals surface area contributed by atoms with E-state index in [1.54, 1.807) is 0 Å². The van der Waals surface area contributed by atoms with E-state index in [0.717, 1.165) is 11.1 Å². The van der Waals surface area contributed by atoms with Gasteiger partial charge in [-0.2, -0.15) is 0 Å². The molecule has 1 atom stereocenters. The van der Waals surface area contributed by atoms with E-state index in [0.29, 0.717) is 5.92 Å². The van der Waals surface area contributed by atoms with Crippen LogP contribution in [0.2, 0.25) is 0 Å². The van der Waals surface area contributed by atoms with E-state index >= 15 is 0 Å². The van der Waals surface area contributed by atoms with Gasteiger partial charge in [-0.25, -0.2) is 0 Å². The number of hydrogen-bond acceptors (Lipinski definition) is 1. The van der Waals surface area contributed by atoms with Crippen LogP contribution in [0.3, 0.4) is 0 Å². The highest BCUT2D eigenvalue weighted by Crippen LogP contribution is 2.23. The lowest BCUT2D eigenvalue weighted by atomic mass is 9.92. The lowest BCUT2D eigenvalue weighted by Crippen LogP contribution is -2.16. The summed E-state index contributed by atoms with van der Waals surface area (Å²) < 4.78 is 0. The molecule has 0 saturated heterocycles. The van der Waals surface area contributed by atoms with Crippen molar-refractivity contribution in [2.45, 2.75) is 19.9 Å². The first-order valence-corrected chi connectivity index (χ1v) is 4.87. The smallest absolute Gasteiger partial charge is 0.0588 e. The largest absolute Gasteiger partial charge is 0.320 e. The van der Waals surface area contributed by atoms with Crippen LogP contribution < -0.4 is 5.73 Å². The molecule has 0 spiro atoms. The van der Waals surface area contributed by atoms with Crippen molar-refractivity contribution in [3.05, 3.63) is 53.8 Å². The molecule has 0 amide bonds. The van der Waals surface area contributed by atoms with E-state index in [-0.39, 0.29) is 6.04 Å². The van der Waals surface area contributed by atoms with Gasteiger partial charge >= 0.3 is 0 Å². The Morgan fingerprint density at radius 3 is 2.29 bits per heavy atom. The van der Waals surface area contributed by atoms with Crippen molar-refractivity contribution in [3.8, 4) is 0 Å². The Bertz CT molecular complexity index is 332. The van der Waals surface area contributed by atoms with E-state index in [1.165, 1.54) is 0 Å². The van der Waals surface area contributed by atoms with E-state index < -0.39 is 0 Å². The van der Waals surface area contributed by atoms with E-state index in [4.69, 9.17) is 5.73 Å². The van der Waals surface area contributed by atoms with Crippen molar-refractivity contribution in [1.29, 1.82) is 0 Å². The van der Waals surface area contributed by atoms with Crippen molar-refractivity contribution in [1.82, 2.24) is 0 Å². The number of rotatable bonds is 3.